The Morgan fingerprint density at radius 3 is 2.66 bits per heavy atom. The Kier molecular flexibility index (Phi) is 4.51. The number of aromatic nitrogens is 4. The summed E-state index contributed by atoms with van der Waals surface area (Å²) in [5.41, 5.74) is 3.51. The smallest absolute Gasteiger partial charge is 0.227 e. The first kappa shape index (κ1) is 18.8. The van der Waals surface area contributed by atoms with Gasteiger partial charge in [-0.25, -0.2) is 9.97 Å². The van der Waals surface area contributed by atoms with E-state index in [1.807, 2.05) is 25.4 Å². The molecule has 6 nitrogen and oxygen atoms in total. The van der Waals surface area contributed by atoms with Crippen molar-refractivity contribution in [2.75, 3.05) is 5.32 Å². The standard InChI is InChI=1S/C22H26ClN5O/c1-13-20(12-25-28(13)16-3-4-16)27-21-24-11-15-9-18(23)17(10-19(15)26-21)14-5-7-22(2,29)8-6-14/h9-12,14,16,29H,3-8H2,1-2H3,(H,24,26,27). The van der Waals surface area contributed by atoms with E-state index in [-0.39, 0.29) is 0 Å². The zero-order valence-electron chi connectivity index (χ0n) is 16.8. The summed E-state index contributed by atoms with van der Waals surface area (Å²) >= 11 is 6.59. The highest BCUT2D eigenvalue weighted by molar-refractivity contribution is 6.32. The maximum absolute atomic E-state index is 10.3. The van der Waals surface area contributed by atoms with Crippen LogP contribution in [0.25, 0.3) is 10.9 Å². The molecule has 0 saturated heterocycles. The molecule has 2 aromatic heterocycles. The van der Waals surface area contributed by atoms with Crippen LogP contribution in [0.5, 0.6) is 0 Å². The van der Waals surface area contributed by atoms with E-state index < -0.39 is 5.60 Å². The van der Waals surface area contributed by atoms with Gasteiger partial charge >= 0.3 is 0 Å². The lowest BCUT2D eigenvalue weighted by Gasteiger charge is -2.33. The molecule has 2 saturated carbocycles. The van der Waals surface area contributed by atoms with Gasteiger partial charge in [-0.3, -0.25) is 4.68 Å². The van der Waals surface area contributed by atoms with Gasteiger partial charge in [-0.15, -0.1) is 0 Å². The van der Waals surface area contributed by atoms with Crippen LogP contribution >= 0.6 is 11.6 Å². The molecule has 0 bridgehead atoms. The van der Waals surface area contributed by atoms with Crippen LogP contribution < -0.4 is 5.32 Å². The van der Waals surface area contributed by atoms with Gasteiger partial charge < -0.3 is 10.4 Å². The Morgan fingerprint density at radius 1 is 1.17 bits per heavy atom. The molecule has 2 aliphatic carbocycles. The number of aliphatic hydroxyl groups is 1. The summed E-state index contributed by atoms with van der Waals surface area (Å²) in [5, 5.41) is 19.8. The van der Waals surface area contributed by atoms with Gasteiger partial charge in [0.25, 0.3) is 0 Å². The van der Waals surface area contributed by atoms with Crippen molar-refractivity contribution in [3.8, 4) is 0 Å². The van der Waals surface area contributed by atoms with E-state index in [4.69, 9.17) is 16.6 Å². The molecule has 152 valence electrons. The van der Waals surface area contributed by atoms with E-state index in [0.717, 1.165) is 58.6 Å². The van der Waals surface area contributed by atoms with Crippen LogP contribution in [-0.2, 0) is 0 Å². The Balaban J connectivity index is 1.42. The van der Waals surface area contributed by atoms with Crippen molar-refractivity contribution in [3.05, 3.63) is 40.8 Å². The Bertz CT molecular complexity index is 1060. The molecular weight excluding hydrogens is 386 g/mol. The van der Waals surface area contributed by atoms with E-state index in [9.17, 15) is 5.11 Å². The first-order chi connectivity index (χ1) is 13.9. The van der Waals surface area contributed by atoms with E-state index in [1.165, 1.54) is 12.8 Å². The number of benzene rings is 1. The van der Waals surface area contributed by atoms with E-state index in [2.05, 4.69) is 33.1 Å². The quantitative estimate of drug-likeness (QED) is 0.611. The van der Waals surface area contributed by atoms with Crippen LogP contribution in [0.4, 0.5) is 11.6 Å². The Morgan fingerprint density at radius 2 is 1.93 bits per heavy atom. The molecule has 5 rings (SSSR count). The third kappa shape index (κ3) is 3.71. The van der Waals surface area contributed by atoms with Gasteiger partial charge in [-0.05, 0) is 76.0 Å². The first-order valence-corrected chi connectivity index (χ1v) is 10.8. The van der Waals surface area contributed by atoms with Crippen molar-refractivity contribution in [2.45, 2.75) is 69.9 Å². The average molecular weight is 412 g/mol. The zero-order valence-corrected chi connectivity index (χ0v) is 17.6. The number of rotatable bonds is 4. The molecule has 0 spiro atoms. The van der Waals surface area contributed by atoms with Crippen LogP contribution in [0, 0.1) is 6.92 Å². The number of fused-ring (bicyclic) bond motifs is 1. The largest absolute Gasteiger partial charge is 0.390 e. The summed E-state index contributed by atoms with van der Waals surface area (Å²) in [6.07, 6.45) is 9.54. The zero-order chi connectivity index (χ0) is 20.2. The van der Waals surface area contributed by atoms with Crippen LogP contribution in [0.2, 0.25) is 5.02 Å². The van der Waals surface area contributed by atoms with Crippen LogP contribution in [0.1, 0.15) is 68.7 Å². The Labute approximate surface area is 175 Å². The summed E-state index contributed by atoms with van der Waals surface area (Å²) in [7, 11) is 0. The van der Waals surface area contributed by atoms with Gasteiger partial charge in [0.15, 0.2) is 0 Å². The SMILES string of the molecule is Cc1c(Nc2ncc3cc(Cl)c(C4CCC(C)(O)CC4)cc3n2)cnn1C1CC1. The molecule has 2 fully saturated rings. The third-order valence-electron chi connectivity index (χ3n) is 6.38. The molecule has 0 radical (unpaired) electrons. The second-order valence-electron chi connectivity index (χ2n) is 8.84. The molecule has 1 aromatic carbocycles. The van der Waals surface area contributed by atoms with Crippen molar-refractivity contribution in [1.29, 1.82) is 0 Å². The Hall–Kier alpha value is -2.18. The fraction of sp³-hybridized carbons (Fsp3) is 0.500. The molecule has 0 aliphatic heterocycles. The topological polar surface area (TPSA) is 75.9 Å². The van der Waals surface area contributed by atoms with Crippen LogP contribution in [0.15, 0.2) is 24.5 Å². The van der Waals surface area contributed by atoms with E-state index >= 15 is 0 Å². The predicted molar refractivity (Wildman–Crippen MR) is 115 cm³/mol. The highest BCUT2D eigenvalue weighted by Gasteiger charge is 2.30. The third-order valence-corrected chi connectivity index (χ3v) is 6.71. The number of hydrogen-bond donors (Lipinski definition) is 2. The fourth-order valence-electron chi connectivity index (χ4n) is 4.34. The molecule has 2 heterocycles. The summed E-state index contributed by atoms with van der Waals surface area (Å²) in [5.74, 6) is 0.924. The molecule has 3 aromatic rings. The minimum Gasteiger partial charge on any atom is -0.390 e. The molecule has 2 N–H and O–H groups in total. The maximum atomic E-state index is 10.3. The molecule has 7 heteroatoms. The molecule has 29 heavy (non-hydrogen) atoms. The predicted octanol–water partition coefficient (Wildman–Crippen LogP) is 5.28. The van der Waals surface area contributed by atoms with Crippen molar-refractivity contribution in [1.82, 2.24) is 19.7 Å². The van der Waals surface area contributed by atoms with Gasteiger partial charge in [0.1, 0.15) is 0 Å². The van der Waals surface area contributed by atoms with Gasteiger partial charge in [0.2, 0.25) is 5.95 Å². The number of nitrogens with one attached hydrogen (secondary N) is 1. The summed E-state index contributed by atoms with van der Waals surface area (Å²) in [6, 6.07) is 4.60. The van der Waals surface area contributed by atoms with Crippen molar-refractivity contribution >= 4 is 34.1 Å². The highest BCUT2D eigenvalue weighted by atomic mass is 35.5. The minimum absolute atomic E-state index is 0.359. The minimum atomic E-state index is -0.554. The van der Waals surface area contributed by atoms with E-state index in [0.29, 0.717) is 17.9 Å². The first-order valence-electron chi connectivity index (χ1n) is 10.4. The van der Waals surface area contributed by atoms with Gasteiger partial charge in [0, 0.05) is 16.6 Å². The van der Waals surface area contributed by atoms with Crippen LogP contribution in [-0.4, -0.2) is 30.5 Å². The van der Waals surface area contributed by atoms with Gasteiger partial charge in [-0.1, -0.05) is 11.6 Å². The second kappa shape index (κ2) is 6.96. The lowest BCUT2D eigenvalue weighted by molar-refractivity contribution is 0.0172. The molecule has 0 unspecified atom stereocenters. The fourth-order valence-corrected chi connectivity index (χ4v) is 4.67. The number of anilines is 2. The molecule has 2 aliphatic rings. The summed E-state index contributed by atoms with van der Waals surface area (Å²) < 4.78 is 2.08. The molecule has 0 amide bonds. The highest BCUT2D eigenvalue weighted by Crippen LogP contribution is 2.41. The second-order valence-corrected chi connectivity index (χ2v) is 9.25. The monoisotopic (exact) mass is 411 g/mol. The van der Waals surface area contributed by atoms with Gasteiger partial charge in [0.05, 0.1) is 34.7 Å². The number of hydrogen-bond acceptors (Lipinski definition) is 5. The summed E-state index contributed by atoms with van der Waals surface area (Å²) in [4.78, 5) is 9.20. The lowest BCUT2D eigenvalue weighted by Crippen LogP contribution is -2.29. The van der Waals surface area contributed by atoms with E-state index in [1.54, 1.807) is 0 Å². The summed E-state index contributed by atoms with van der Waals surface area (Å²) in [6.45, 7) is 3.99. The number of halogens is 1. The van der Waals surface area contributed by atoms with Crippen LogP contribution in [0.3, 0.4) is 0 Å². The lowest BCUT2D eigenvalue weighted by atomic mass is 9.77. The van der Waals surface area contributed by atoms with Crippen molar-refractivity contribution in [3.63, 3.8) is 0 Å². The van der Waals surface area contributed by atoms with Gasteiger partial charge in [-0.2, -0.15) is 5.10 Å². The van der Waals surface area contributed by atoms with Crippen molar-refractivity contribution in [2.24, 2.45) is 0 Å². The maximum Gasteiger partial charge on any atom is 0.227 e. The number of nitrogens with zero attached hydrogens (tertiary/aromatic N) is 4. The molecule has 0 atom stereocenters. The average Bonchev–Trinajstić information content (AvgIpc) is 3.46. The normalized spacial score (nSPS) is 24.8. The molecular formula is C22H26ClN5O. The van der Waals surface area contributed by atoms with Crippen molar-refractivity contribution < 1.29 is 5.11 Å².